The summed E-state index contributed by atoms with van der Waals surface area (Å²) in [4.78, 5) is 43.8. The molecule has 2 aromatic rings. The number of hydrogen-bond acceptors (Lipinski definition) is 6. The van der Waals surface area contributed by atoms with Crippen LogP contribution in [0.2, 0.25) is 0 Å². The van der Waals surface area contributed by atoms with E-state index in [-0.39, 0.29) is 30.5 Å². The van der Waals surface area contributed by atoms with Gasteiger partial charge in [-0.05, 0) is 57.9 Å². The van der Waals surface area contributed by atoms with Crippen molar-refractivity contribution < 1.29 is 56.8 Å². The molecule has 4 rings (SSSR count). The van der Waals surface area contributed by atoms with Crippen molar-refractivity contribution >= 4 is 33.8 Å². The first-order valence-corrected chi connectivity index (χ1v) is 16.4. The Labute approximate surface area is 265 Å². The van der Waals surface area contributed by atoms with Crippen LogP contribution in [-0.4, -0.2) is 69.2 Å². The number of rotatable bonds is 7. The first kappa shape index (κ1) is 36.2. The van der Waals surface area contributed by atoms with E-state index in [2.05, 4.69) is 10.3 Å². The number of anilines is 1. The van der Waals surface area contributed by atoms with E-state index in [1.807, 2.05) is 0 Å². The second-order valence-electron chi connectivity index (χ2n) is 12.7. The molecule has 1 aliphatic carbocycles. The van der Waals surface area contributed by atoms with Crippen LogP contribution in [-0.2, 0) is 14.3 Å². The summed E-state index contributed by atoms with van der Waals surface area (Å²) in [5, 5.41) is 13.0. The average Bonchev–Trinajstić information content (AvgIpc) is 3.33. The lowest BCUT2D eigenvalue weighted by Gasteiger charge is -2.41. The summed E-state index contributed by atoms with van der Waals surface area (Å²) in [6.45, 7) is 4.09. The number of hydrogen-bond donors (Lipinski definition) is 2. The SMILES string of the molecule is CC(C)(C)OC(=O)N1C[C@H](O)C[C@@H]1C(=O)N(c1ccc(S(F)(F)(F)(F)F)cc1F)C(C(=O)NC1CCC(F)(F)CC1)c1cccnc1. The highest BCUT2D eigenvalue weighted by Crippen LogP contribution is 3.02. The molecule has 1 aromatic carbocycles. The van der Waals surface area contributed by atoms with Gasteiger partial charge in [-0.25, -0.2) is 18.0 Å². The van der Waals surface area contributed by atoms with Gasteiger partial charge >= 0.3 is 16.3 Å². The smallest absolute Gasteiger partial charge is 0.411 e. The van der Waals surface area contributed by atoms with Crippen molar-refractivity contribution in [2.45, 2.75) is 93.5 Å². The second kappa shape index (κ2) is 11.8. The van der Waals surface area contributed by atoms with Crippen molar-refractivity contribution in [3.8, 4) is 0 Å². The van der Waals surface area contributed by atoms with Crippen LogP contribution in [0.5, 0.6) is 0 Å². The number of nitrogens with zero attached hydrogens (tertiary/aromatic N) is 3. The third-order valence-electron chi connectivity index (χ3n) is 7.62. The van der Waals surface area contributed by atoms with Crippen LogP contribution in [0.1, 0.15) is 64.5 Å². The number of likely N-dealkylation sites (tertiary alicyclic amines) is 1. The Hall–Kier alpha value is -3.67. The molecule has 47 heavy (non-hydrogen) atoms. The molecule has 0 spiro atoms. The van der Waals surface area contributed by atoms with E-state index >= 15 is 4.39 Å². The molecule has 3 atom stereocenters. The molecule has 0 bridgehead atoms. The van der Waals surface area contributed by atoms with E-state index in [0.29, 0.717) is 4.90 Å². The maximum atomic E-state index is 15.7. The fourth-order valence-electron chi connectivity index (χ4n) is 5.46. The monoisotopic (exact) mass is 702 g/mol. The molecule has 262 valence electrons. The third-order valence-corrected chi connectivity index (χ3v) is 8.77. The molecular weight excluding hydrogens is 668 g/mol. The lowest BCUT2D eigenvalue weighted by Crippen LogP contribution is -2.54. The van der Waals surface area contributed by atoms with Gasteiger partial charge in [0.15, 0.2) is 0 Å². The van der Waals surface area contributed by atoms with E-state index in [1.165, 1.54) is 39.1 Å². The Morgan fingerprint density at radius 2 is 1.74 bits per heavy atom. The molecule has 0 radical (unpaired) electrons. The van der Waals surface area contributed by atoms with Crippen LogP contribution < -0.4 is 10.2 Å². The average molecular weight is 703 g/mol. The molecular formula is C29H34F8N4O5S. The van der Waals surface area contributed by atoms with Gasteiger partial charge in [0, 0.05) is 43.3 Å². The molecule has 18 heteroatoms. The van der Waals surface area contributed by atoms with Crippen LogP contribution in [0.4, 0.5) is 43.1 Å². The molecule has 1 aliphatic heterocycles. The Bertz CT molecular complexity index is 1520. The van der Waals surface area contributed by atoms with Gasteiger partial charge in [-0.3, -0.25) is 24.4 Å². The number of carbonyl (C=O) groups is 3. The van der Waals surface area contributed by atoms with Crippen molar-refractivity contribution in [1.82, 2.24) is 15.2 Å². The number of carbonyl (C=O) groups excluding carboxylic acids is 3. The van der Waals surface area contributed by atoms with Gasteiger partial charge in [0.05, 0.1) is 18.3 Å². The van der Waals surface area contributed by atoms with Crippen LogP contribution >= 0.6 is 10.2 Å². The maximum absolute atomic E-state index is 15.7. The molecule has 1 saturated carbocycles. The summed E-state index contributed by atoms with van der Waals surface area (Å²) in [6.07, 6.45) is -2.05. The number of ether oxygens (including phenoxy) is 1. The number of pyridine rings is 1. The van der Waals surface area contributed by atoms with Crippen LogP contribution in [0, 0.1) is 5.82 Å². The molecule has 1 saturated heterocycles. The molecule has 2 N–H and O–H groups in total. The molecule has 1 aromatic heterocycles. The van der Waals surface area contributed by atoms with Gasteiger partial charge in [-0.15, -0.1) is 0 Å². The zero-order chi connectivity index (χ0) is 35.2. The Kier molecular flexibility index (Phi) is 9.07. The van der Waals surface area contributed by atoms with Gasteiger partial charge in [0.25, 0.3) is 5.91 Å². The summed E-state index contributed by atoms with van der Waals surface area (Å²) >= 11 is 0. The number of aromatic nitrogens is 1. The number of β-amino-alcohol motifs (C(OH)–C–C–N with tert-alkyl or cyclic N) is 1. The minimum atomic E-state index is -10.4. The zero-order valence-electron chi connectivity index (χ0n) is 25.4. The fraction of sp³-hybridized carbons (Fsp3) is 0.517. The first-order chi connectivity index (χ1) is 21.3. The summed E-state index contributed by atoms with van der Waals surface area (Å²) in [6, 6.07) is -2.29. The summed E-state index contributed by atoms with van der Waals surface area (Å²) in [7, 11) is -10.4. The largest absolute Gasteiger partial charge is 0.444 e. The molecule has 9 nitrogen and oxygen atoms in total. The highest BCUT2D eigenvalue weighted by molar-refractivity contribution is 8.45. The van der Waals surface area contributed by atoms with Crippen molar-refractivity contribution in [2.75, 3.05) is 11.4 Å². The quantitative estimate of drug-likeness (QED) is 0.300. The van der Waals surface area contributed by atoms with Gasteiger partial charge in [-0.2, -0.15) is 0 Å². The lowest BCUT2D eigenvalue weighted by atomic mass is 9.91. The number of aliphatic hydroxyl groups excluding tert-OH is 1. The first-order valence-electron chi connectivity index (χ1n) is 14.5. The fourth-order valence-corrected chi connectivity index (χ4v) is 6.11. The summed E-state index contributed by atoms with van der Waals surface area (Å²) in [5.74, 6) is -7.31. The lowest BCUT2D eigenvalue weighted by molar-refractivity contribution is -0.129. The molecule has 2 heterocycles. The Balaban J connectivity index is 1.86. The van der Waals surface area contributed by atoms with Gasteiger partial charge in [-0.1, -0.05) is 25.5 Å². The van der Waals surface area contributed by atoms with Crippen molar-refractivity contribution in [2.24, 2.45) is 0 Å². The van der Waals surface area contributed by atoms with Crippen molar-refractivity contribution in [3.05, 3.63) is 54.1 Å². The molecule has 1 unspecified atom stereocenters. The number of aliphatic hydroxyl groups is 1. The van der Waals surface area contributed by atoms with Crippen molar-refractivity contribution in [1.29, 1.82) is 0 Å². The minimum Gasteiger partial charge on any atom is -0.444 e. The van der Waals surface area contributed by atoms with Gasteiger partial charge in [0.2, 0.25) is 11.8 Å². The highest BCUT2D eigenvalue weighted by atomic mass is 32.5. The number of benzene rings is 1. The Morgan fingerprint density at radius 3 is 2.28 bits per heavy atom. The number of amides is 3. The van der Waals surface area contributed by atoms with Gasteiger partial charge < -0.3 is 15.2 Å². The number of alkyl halides is 2. The van der Waals surface area contributed by atoms with E-state index in [1.54, 1.807) is 0 Å². The molecule has 3 amide bonds. The number of nitrogens with one attached hydrogen (secondary N) is 1. The zero-order valence-corrected chi connectivity index (χ0v) is 26.3. The topological polar surface area (TPSA) is 112 Å². The maximum Gasteiger partial charge on any atom is 0.411 e. The van der Waals surface area contributed by atoms with Crippen LogP contribution in [0.25, 0.3) is 0 Å². The van der Waals surface area contributed by atoms with Gasteiger partial charge in [0.1, 0.15) is 28.4 Å². The van der Waals surface area contributed by atoms with Crippen molar-refractivity contribution in [3.63, 3.8) is 0 Å². The minimum absolute atomic E-state index is 0.127. The summed E-state index contributed by atoms with van der Waals surface area (Å²) < 4.78 is 117. The summed E-state index contributed by atoms with van der Waals surface area (Å²) in [5.41, 5.74) is -2.26. The second-order valence-corrected chi connectivity index (χ2v) is 15.1. The standard InChI is InChI=1S/C29H34F8N4O5S/c1-28(2,3)46-27(45)40-16-19(42)13-23(40)26(44)41(22-7-6-20(14-21(22)30)47(33,34,35,36)37)24(17-5-4-12-38-15-17)25(43)39-18-8-10-29(31,32)11-9-18/h4-7,12,14-15,18-19,23-24,42H,8-11,13,16H2,1-3H3,(H,39,43)/t19-,23-,24?/m1/s1. The van der Waals surface area contributed by atoms with E-state index in [0.717, 1.165) is 11.1 Å². The van der Waals surface area contributed by atoms with E-state index in [4.69, 9.17) is 4.74 Å². The van der Waals surface area contributed by atoms with E-state index in [9.17, 15) is 47.7 Å². The number of halogens is 8. The predicted octanol–water partition coefficient (Wildman–Crippen LogP) is 7.02. The Morgan fingerprint density at radius 1 is 1.11 bits per heavy atom. The highest BCUT2D eigenvalue weighted by Gasteiger charge is 2.65. The normalized spacial score (nSPS) is 22.5. The van der Waals surface area contributed by atoms with E-state index < -0.39 is 112 Å². The predicted molar refractivity (Wildman–Crippen MR) is 155 cm³/mol. The van der Waals surface area contributed by atoms with Crippen LogP contribution in [0.3, 0.4) is 0 Å². The molecule has 2 aliphatic rings. The third kappa shape index (κ3) is 8.82. The molecule has 2 fully saturated rings. The van der Waals surface area contributed by atoms with Crippen LogP contribution in [0.15, 0.2) is 47.6 Å².